The normalized spacial score (nSPS) is 16.0. The van der Waals surface area contributed by atoms with Gasteiger partial charge in [-0.3, -0.25) is 0 Å². The van der Waals surface area contributed by atoms with E-state index in [1.807, 2.05) is 66.7 Å². The average molecular weight is 560 g/mol. The molecule has 0 spiro atoms. The van der Waals surface area contributed by atoms with E-state index in [2.05, 4.69) is 0 Å². The molecular formula is C42H26O. The van der Waals surface area contributed by atoms with Crippen LogP contribution in [0.3, 0.4) is 0 Å². The lowest BCUT2D eigenvalue weighted by Crippen LogP contribution is -1.90. The Morgan fingerprint density at radius 3 is 1.79 bits per heavy atom. The third kappa shape index (κ3) is 3.65. The van der Waals surface area contributed by atoms with Gasteiger partial charge in [-0.15, -0.1) is 0 Å². The molecule has 0 radical (unpaired) electrons. The number of rotatable bonds is 3. The summed E-state index contributed by atoms with van der Waals surface area (Å²) in [6, 6.07) is 16.6. The van der Waals surface area contributed by atoms with E-state index in [1.54, 1.807) is 12.1 Å². The van der Waals surface area contributed by atoms with Gasteiger partial charge in [0.1, 0.15) is 11.2 Å². The highest BCUT2D eigenvalue weighted by atomic mass is 16.3. The highest BCUT2D eigenvalue weighted by molar-refractivity contribution is 6.24. The van der Waals surface area contributed by atoms with Crippen LogP contribution in [0.5, 0.6) is 0 Å². The van der Waals surface area contributed by atoms with Crippen LogP contribution in [0.25, 0.3) is 87.6 Å². The van der Waals surface area contributed by atoms with Gasteiger partial charge in [-0.1, -0.05) is 145 Å². The van der Waals surface area contributed by atoms with Gasteiger partial charge in [-0.2, -0.15) is 0 Å². The van der Waals surface area contributed by atoms with Crippen molar-refractivity contribution in [3.8, 4) is 33.4 Å². The molecule has 0 bridgehead atoms. The van der Waals surface area contributed by atoms with Gasteiger partial charge in [0, 0.05) is 21.9 Å². The molecule has 0 aliphatic carbocycles. The van der Waals surface area contributed by atoms with Gasteiger partial charge in [0.05, 0.1) is 17.8 Å². The second-order valence-corrected chi connectivity index (χ2v) is 10.3. The average Bonchev–Trinajstić information content (AvgIpc) is 3.59. The van der Waals surface area contributed by atoms with Gasteiger partial charge in [0.25, 0.3) is 0 Å². The summed E-state index contributed by atoms with van der Waals surface area (Å²) in [5.74, 6) is 0. The maximum absolute atomic E-state index is 9.29. The van der Waals surface area contributed by atoms with Crippen LogP contribution in [-0.4, -0.2) is 0 Å². The zero-order chi connectivity index (χ0) is 39.6. The molecule has 0 fully saturated rings. The molecule has 43 heavy (non-hydrogen) atoms. The topological polar surface area (TPSA) is 13.1 Å². The minimum Gasteiger partial charge on any atom is -0.455 e. The minimum atomic E-state index is -0.719. The highest BCUT2D eigenvalue weighted by Crippen LogP contribution is 2.46. The van der Waals surface area contributed by atoms with Crippen molar-refractivity contribution in [1.82, 2.24) is 0 Å². The number of furan rings is 1. The van der Waals surface area contributed by atoms with E-state index in [0.717, 1.165) is 27.3 Å². The van der Waals surface area contributed by atoms with Crippen molar-refractivity contribution in [2.45, 2.75) is 0 Å². The molecular weight excluding hydrogens is 520 g/mol. The molecule has 9 aromatic rings. The SMILES string of the molecule is [2H]c1c([2H])c([2H])c(-c2c3c([2H])c([2H])c([2H])c([2H])c3c(-c3cccc4c3oc3cc(-c5cccc6ccccc56)ccc34)c3c([2H])c([2H])c([2H])c([2H])c23)c([2H])c1[2H]. The van der Waals surface area contributed by atoms with Gasteiger partial charge in [-0.05, 0) is 66.7 Å². The quantitative estimate of drug-likeness (QED) is 0.196. The van der Waals surface area contributed by atoms with E-state index in [1.165, 1.54) is 0 Å². The van der Waals surface area contributed by atoms with Gasteiger partial charge in [-0.25, -0.2) is 0 Å². The summed E-state index contributed by atoms with van der Waals surface area (Å²) >= 11 is 0. The van der Waals surface area contributed by atoms with Crippen LogP contribution >= 0.6 is 0 Å². The lowest BCUT2D eigenvalue weighted by Gasteiger charge is -2.17. The Morgan fingerprint density at radius 1 is 0.419 bits per heavy atom. The Kier molecular flexibility index (Phi) is 3.18. The molecule has 1 heterocycles. The molecule has 8 aromatic carbocycles. The predicted molar refractivity (Wildman–Crippen MR) is 183 cm³/mol. The van der Waals surface area contributed by atoms with Crippen LogP contribution in [-0.2, 0) is 0 Å². The lowest BCUT2D eigenvalue weighted by molar-refractivity contribution is 0.670. The summed E-state index contributed by atoms with van der Waals surface area (Å²) in [4.78, 5) is 0. The van der Waals surface area contributed by atoms with Crippen molar-refractivity contribution in [3.05, 3.63) is 157 Å². The van der Waals surface area contributed by atoms with Crippen LogP contribution < -0.4 is 0 Å². The maximum Gasteiger partial charge on any atom is 0.143 e. The van der Waals surface area contributed by atoms with Crippen LogP contribution in [0, 0.1) is 0 Å². The van der Waals surface area contributed by atoms with E-state index in [0.29, 0.717) is 11.0 Å². The van der Waals surface area contributed by atoms with Crippen molar-refractivity contribution in [3.63, 3.8) is 0 Å². The highest BCUT2D eigenvalue weighted by Gasteiger charge is 2.20. The molecule has 0 N–H and O–H groups in total. The second kappa shape index (κ2) is 9.44. The fourth-order valence-corrected chi connectivity index (χ4v) is 6.16. The van der Waals surface area contributed by atoms with Crippen LogP contribution in [0.2, 0.25) is 0 Å². The standard InChI is InChI=1S/C42H26O/c1-2-13-28(14-3-1)40-33-17-6-8-19-35(33)41(36-20-9-7-18-34(36)40)38-23-11-22-37-32-25-24-29(26-39(32)43-42(37)38)31-21-10-15-27-12-4-5-16-30(27)31/h1-26H/i1D,2D,3D,6D,7D,8D,9D,13D,14D,17D,18D,19D,20D. The Balaban J connectivity index is 1.49. The van der Waals surface area contributed by atoms with Gasteiger partial charge in [0.15, 0.2) is 0 Å². The molecule has 1 heteroatoms. The largest absolute Gasteiger partial charge is 0.455 e. The van der Waals surface area contributed by atoms with Crippen LogP contribution in [0.15, 0.2) is 162 Å². The third-order valence-electron chi connectivity index (χ3n) is 7.99. The molecule has 0 unspecified atom stereocenters. The molecule has 1 nitrogen and oxygen atoms in total. The first kappa shape index (κ1) is 14.5. The Morgan fingerprint density at radius 2 is 1.02 bits per heavy atom. The number of para-hydroxylation sites is 1. The predicted octanol–water partition coefficient (Wildman–Crippen LogP) is 12.0. The summed E-state index contributed by atoms with van der Waals surface area (Å²) in [5.41, 5.74) is 2.16. The van der Waals surface area contributed by atoms with Crippen molar-refractivity contribution < 1.29 is 22.2 Å². The van der Waals surface area contributed by atoms with E-state index >= 15 is 0 Å². The molecule has 0 aliphatic heterocycles. The Bertz CT molecular complexity index is 3130. The zero-order valence-electron chi connectivity index (χ0n) is 35.4. The van der Waals surface area contributed by atoms with E-state index in [9.17, 15) is 5.48 Å². The number of hydrogen-bond donors (Lipinski definition) is 0. The molecule has 200 valence electrons. The molecule has 0 aliphatic rings. The van der Waals surface area contributed by atoms with Crippen LogP contribution in [0.1, 0.15) is 17.8 Å². The molecule has 0 amide bonds. The fraction of sp³-hybridized carbons (Fsp3) is 0. The van der Waals surface area contributed by atoms with Gasteiger partial charge in [0.2, 0.25) is 0 Å². The molecule has 0 saturated heterocycles. The first-order chi connectivity index (χ1) is 26.7. The van der Waals surface area contributed by atoms with E-state index in [4.69, 9.17) is 16.8 Å². The minimum absolute atomic E-state index is 0.0176. The molecule has 9 rings (SSSR count). The first-order valence-electron chi connectivity index (χ1n) is 20.2. The summed E-state index contributed by atoms with van der Waals surface area (Å²) in [5, 5.41) is 2.61. The molecule has 0 saturated carbocycles. The summed E-state index contributed by atoms with van der Waals surface area (Å²) < 4.78 is 121. The Labute approximate surface area is 267 Å². The lowest BCUT2D eigenvalue weighted by atomic mass is 9.85. The second-order valence-electron chi connectivity index (χ2n) is 10.3. The van der Waals surface area contributed by atoms with Crippen molar-refractivity contribution in [1.29, 1.82) is 0 Å². The smallest absolute Gasteiger partial charge is 0.143 e. The molecule has 0 atom stereocenters. The third-order valence-corrected chi connectivity index (χ3v) is 7.99. The zero-order valence-corrected chi connectivity index (χ0v) is 22.4. The monoisotopic (exact) mass is 559 g/mol. The number of hydrogen-bond acceptors (Lipinski definition) is 1. The van der Waals surface area contributed by atoms with E-state index < -0.39 is 84.1 Å². The van der Waals surface area contributed by atoms with Gasteiger partial charge >= 0.3 is 0 Å². The first-order valence-corrected chi connectivity index (χ1v) is 13.7. The Hall–Kier alpha value is -5.66. The van der Waals surface area contributed by atoms with E-state index in [-0.39, 0.29) is 43.8 Å². The van der Waals surface area contributed by atoms with Crippen molar-refractivity contribution >= 4 is 54.3 Å². The summed E-state index contributed by atoms with van der Waals surface area (Å²) in [7, 11) is 0. The van der Waals surface area contributed by atoms with Crippen molar-refractivity contribution in [2.75, 3.05) is 0 Å². The molecule has 1 aromatic heterocycles. The fourth-order valence-electron chi connectivity index (χ4n) is 6.16. The number of benzene rings is 8. The van der Waals surface area contributed by atoms with Crippen molar-refractivity contribution in [2.24, 2.45) is 0 Å². The summed E-state index contributed by atoms with van der Waals surface area (Å²) in [6.07, 6.45) is 0. The van der Waals surface area contributed by atoms with Gasteiger partial charge < -0.3 is 4.42 Å². The maximum atomic E-state index is 9.29. The van der Waals surface area contributed by atoms with Crippen LogP contribution in [0.4, 0.5) is 0 Å². The summed E-state index contributed by atoms with van der Waals surface area (Å²) in [6.45, 7) is 0. The number of fused-ring (bicyclic) bond motifs is 6.